The van der Waals surface area contributed by atoms with Crippen LogP contribution in [0.15, 0.2) is 186 Å². The van der Waals surface area contributed by atoms with E-state index in [0.29, 0.717) is 5.56 Å². The van der Waals surface area contributed by atoms with Gasteiger partial charge in [-0.15, -0.1) is 0 Å². The molecule has 0 aliphatic heterocycles. The van der Waals surface area contributed by atoms with Crippen molar-refractivity contribution in [3.8, 4) is 33.4 Å². The molecule has 0 spiro atoms. The van der Waals surface area contributed by atoms with Crippen molar-refractivity contribution in [2.24, 2.45) is 0 Å². The molecule has 0 aliphatic rings. The summed E-state index contributed by atoms with van der Waals surface area (Å²) < 4.78 is 87.1. The molecule has 1 aromatic heterocycles. The summed E-state index contributed by atoms with van der Waals surface area (Å²) in [5, 5.41) is 7.95. The summed E-state index contributed by atoms with van der Waals surface area (Å²) in [5.41, 5.74) is 4.36. The van der Waals surface area contributed by atoms with Crippen LogP contribution in [0.5, 0.6) is 0 Å². The number of furan rings is 1. The molecule has 1 nitrogen and oxygen atoms in total. The fourth-order valence-corrected chi connectivity index (χ4v) is 7.90. The summed E-state index contributed by atoms with van der Waals surface area (Å²) in [6.45, 7) is 0. The molecular formula is C50H30O. The summed E-state index contributed by atoms with van der Waals surface area (Å²) in [4.78, 5) is 0. The first-order valence-electron chi connectivity index (χ1n) is 21.4. The Kier molecular flexibility index (Phi) is 4.43. The molecule has 0 bridgehead atoms. The van der Waals surface area contributed by atoms with E-state index in [-0.39, 0.29) is 50.4 Å². The zero-order valence-electron chi connectivity index (χ0n) is 36.0. The van der Waals surface area contributed by atoms with Gasteiger partial charge >= 0.3 is 0 Å². The van der Waals surface area contributed by atoms with Gasteiger partial charge in [0, 0.05) is 16.2 Å². The van der Waals surface area contributed by atoms with Gasteiger partial charge in [-0.2, -0.15) is 0 Å². The second kappa shape index (κ2) is 10.9. The molecular weight excluding hydrogens is 617 g/mol. The molecule has 0 amide bonds. The maximum atomic E-state index is 9.62. The number of hydrogen-bond donors (Lipinski definition) is 0. The maximum absolute atomic E-state index is 9.62. The van der Waals surface area contributed by atoms with Crippen LogP contribution in [0.25, 0.3) is 109 Å². The summed E-state index contributed by atoms with van der Waals surface area (Å²) in [6.07, 6.45) is 0. The second-order valence-electron chi connectivity index (χ2n) is 12.9. The van der Waals surface area contributed by atoms with E-state index in [9.17, 15) is 2.74 Å². The van der Waals surface area contributed by atoms with Gasteiger partial charge in [0.15, 0.2) is 0 Å². The van der Waals surface area contributed by atoms with E-state index in [1.165, 1.54) is 0 Å². The van der Waals surface area contributed by atoms with Crippen LogP contribution in [0.3, 0.4) is 0 Å². The number of rotatable bonds is 3. The van der Waals surface area contributed by atoms with Crippen molar-refractivity contribution in [1.29, 1.82) is 0 Å². The van der Waals surface area contributed by atoms with Crippen LogP contribution in [-0.4, -0.2) is 0 Å². The number of fused-ring (bicyclic) bond motifs is 9. The van der Waals surface area contributed by atoms with E-state index < -0.39 is 42.3 Å². The predicted molar refractivity (Wildman–Crippen MR) is 218 cm³/mol. The molecule has 0 radical (unpaired) electrons. The first-order chi connectivity index (χ1) is 29.0. The molecule has 11 rings (SSSR count). The van der Waals surface area contributed by atoms with Crippen LogP contribution in [-0.2, 0) is 0 Å². The molecule has 0 unspecified atom stereocenters. The van der Waals surface area contributed by atoms with E-state index in [2.05, 4.69) is 60.7 Å². The van der Waals surface area contributed by atoms with E-state index in [1.807, 2.05) is 66.7 Å². The van der Waals surface area contributed by atoms with Gasteiger partial charge in [0.25, 0.3) is 0 Å². The highest BCUT2D eigenvalue weighted by atomic mass is 16.3. The molecule has 0 saturated heterocycles. The van der Waals surface area contributed by atoms with Crippen LogP contribution >= 0.6 is 0 Å². The lowest BCUT2D eigenvalue weighted by atomic mass is 9.82. The van der Waals surface area contributed by atoms with Crippen molar-refractivity contribution in [1.82, 2.24) is 0 Å². The lowest BCUT2D eigenvalue weighted by Crippen LogP contribution is -1.93. The highest BCUT2D eigenvalue weighted by Crippen LogP contribution is 2.49. The van der Waals surface area contributed by atoms with Gasteiger partial charge in [0.2, 0.25) is 0 Å². The Labute approximate surface area is 307 Å². The lowest BCUT2D eigenvalue weighted by molar-refractivity contribution is 0.673. The first-order valence-corrected chi connectivity index (χ1v) is 16.9. The Morgan fingerprint density at radius 2 is 0.980 bits per heavy atom. The largest absolute Gasteiger partial charge is 0.455 e. The molecule has 0 atom stereocenters. The summed E-state index contributed by atoms with van der Waals surface area (Å²) in [7, 11) is 0. The summed E-state index contributed by atoms with van der Waals surface area (Å²) in [5.74, 6) is 0. The van der Waals surface area contributed by atoms with Gasteiger partial charge in [-0.25, -0.2) is 0 Å². The van der Waals surface area contributed by atoms with Crippen LogP contribution in [0, 0.1) is 0 Å². The first kappa shape index (κ1) is 20.7. The van der Waals surface area contributed by atoms with Crippen molar-refractivity contribution in [2.45, 2.75) is 0 Å². The molecule has 0 aliphatic carbocycles. The van der Waals surface area contributed by atoms with E-state index in [0.717, 1.165) is 65.3 Å². The number of benzene rings is 10. The van der Waals surface area contributed by atoms with Gasteiger partial charge in [0.05, 0.1) is 12.3 Å². The van der Waals surface area contributed by atoms with Gasteiger partial charge in [0.1, 0.15) is 11.2 Å². The molecule has 236 valence electrons. The molecule has 1 heterocycles. The van der Waals surface area contributed by atoms with Crippen LogP contribution in [0.2, 0.25) is 0 Å². The predicted octanol–water partition coefficient (Wildman–Crippen LogP) is 14.4. The van der Waals surface area contributed by atoms with Crippen molar-refractivity contribution in [2.75, 3.05) is 0 Å². The van der Waals surface area contributed by atoms with E-state index in [4.69, 9.17) is 14.0 Å². The summed E-state index contributed by atoms with van der Waals surface area (Å²) in [6, 6.07) is 39.5. The topological polar surface area (TPSA) is 13.1 Å². The zero-order valence-corrected chi connectivity index (χ0v) is 27.0. The molecule has 1 heteroatoms. The Hall–Kier alpha value is -6.70. The Balaban J connectivity index is 1.33. The van der Waals surface area contributed by atoms with E-state index in [1.54, 1.807) is 0 Å². The highest BCUT2D eigenvalue weighted by molar-refractivity contribution is 6.25. The molecule has 51 heavy (non-hydrogen) atoms. The third-order valence-corrected chi connectivity index (χ3v) is 10.1. The van der Waals surface area contributed by atoms with Crippen molar-refractivity contribution < 1.29 is 16.8 Å². The lowest BCUT2D eigenvalue weighted by Gasteiger charge is -2.21. The van der Waals surface area contributed by atoms with E-state index >= 15 is 0 Å². The minimum Gasteiger partial charge on any atom is -0.455 e. The van der Waals surface area contributed by atoms with Crippen LogP contribution in [0.4, 0.5) is 0 Å². The molecule has 0 N–H and O–H groups in total. The molecule has 11 aromatic rings. The monoisotopic (exact) mass is 655 g/mol. The van der Waals surface area contributed by atoms with Gasteiger partial charge in [-0.05, 0) is 112 Å². The fourth-order valence-electron chi connectivity index (χ4n) is 7.90. The van der Waals surface area contributed by atoms with Crippen molar-refractivity contribution >= 4 is 75.8 Å². The smallest absolute Gasteiger partial charge is 0.143 e. The third-order valence-electron chi connectivity index (χ3n) is 10.1. The second-order valence-corrected chi connectivity index (χ2v) is 12.9. The SMILES string of the molecule is [2H]c1c([2H])c(-c2cc3ccccc3cc2-c2c3ccccc3c(-c3ccc4ccccc4c3)c3ccccc23)c2c(oc3c4c([2H])c([2H])c([2H])c([2H])c4c([2H])c([2H])c32)c1[2H]. The standard InChI is InChI=1S/C50H30O/c1-2-14-33-28-36(25-24-31(33)12-1)47-38-18-7-9-20-40(38)48(41-21-10-8-19-39(41)47)45-30-35-16-4-3-15-34(35)29-44(45)42-22-11-23-46-49(42)43-27-26-32-13-5-6-17-37(32)50(43)51-46/h1-30H/i5D,6D,11D,13D,17D,22D,23D,26D,27D. The maximum Gasteiger partial charge on any atom is 0.143 e. The Bertz CT molecular complexity index is 3660. The van der Waals surface area contributed by atoms with Crippen molar-refractivity contribution in [3.63, 3.8) is 0 Å². The fraction of sp³-hybridized carbons (Fsp3) is 0. The van der Waals surface area contributed by atoms with Crippen molar-refractivity contribution in [3.05, 3.63) is 182 Å². The zero-order chi connectivity index (χ0) is 41.3. The molecule has 0 saturated carbocycles. The van der Waals surface area contributed by atoms with Gasteiger partial charge < -0.3 is 4.42 Å². The highest BCUT2D eigenvalue weighted by Gasteiger charge is 2.22. The Morgan fingerprint density at radius 1 is 0.373 bits per heavy atom. The quantitative estimate of drug-likeness (QED) is 0.173. The average Bonchev–Trinajstić information content (AvgIpc) is 3.67. The number of hydrogen-bond acceptors (Lipinski definition) is 1. The minimum absolute atomic E-state index is 0.0463. The van der Waals surface area contributed by atoms with Gasteiger partial charge in [-0.1, -0.05) is 151 Å². The van der Waals surface area contributed by atoms with Crippen LogP contribution < -0.4 is 0 Å². The third kappa shape index (κ3) is 4.22. The minimum atomic E-state index is -0.536. The summed E-state index contributed by atoms with van der Waals surface area (Å²) >= 11 is 0. The molecule has 0 fully saturated rings. The molecule has 10 aromatic carbocycles. The van der Waals surface area contributed by atoms with Gasteiger partial charge in [-0.3, -0.25) is 0 Å². The average molecular weight is 656 g/mol. The normalized spacial score (nSPS) is 14.4. The van der Waals surface area contributed by atoms with Crippen LogP contribution in [0.1, 0.15) is 12.3 Å². The Morgan fingerprint density at radius 3 is 1.71 bits per heavy atom.